The Kier molecular flexibility index (Phi) is 4.77. The number of hydrogen-bond donors (Lipinski definition) is 1. The standard InChI is InChI=1S/C16H20FN5OS/c1-20(9-14(23)18-13-7-8-13)10-22-16(24)21(2)15(19-22)11-3-5-12(17)6-4-11/h3-6,13H,7-10H2,1-2H3,(H,18,23). The van der Waals surface area contributed by atoms with Crippen LogP contribution in [0.15, 0.2) is 24.3 Å². The third kappa shape index (κ3) is 3.88. The van der Waals surface area contributed by atoms with E-state index in [0.717, 1.165) is 18.4 Å². The van der Waals surface area contributed by atoms with Crippen LogP contribution in [0, 0.1) is 10.6 Å². The van der Waals surface area contributed by atoms with Gasteiger partial charge in [0.15, 0.2) is 10.6 Å². The van der Waals surface area contributed by atoms with Gasteiger partial charge in [-0.3, -0.25) is 9.69 Å². The number of rotatable bonds is 6. The summed E-state index contributed by atoms with van der Waals surface area (Å²) in [6.45, 7) is 0.701. The molecule has 1 aromatic heterocycles. The van der Waals surface area contributed by atoms with Crippen LogP contribution in [0.25, 0.3) is 11.4 Å². The molecule has 1 heterocycles. The van der Waals surface area contributed by atoms with Gasteiger partial charge in [-0.2, -0.15) is 5.10 Å². The maximum absolute atomic E-state index is 13.1. The maximum Gasteiger partial charge on any atom is 0.234 e. The van der Waals surface area contributed by atoms with Crippen molar-refractivity contribution in [2.45, 2.75) is 25.6 Å². The van der Waals surface area contributed by atoms with Crippen molar-refractivity contribution < 1.29 is 9.18 Å². The van der Waals surface area contributed by atoms with Gasteiger partial charge in [0.2, 0.25) is 5.91 Å². The van der Waals surface area contributed by atoms with Crippen LogP contribution in [0.4, 0.5) is 4.39 Å². The highest BCUT2D eigenvalue weighted by molar-refractivity contribution is 7.71. The molecule has 0 saturated heterocycles. The number of halogens is 1. The lowest BCUT2D eigenvalue weighted by atomic mass is 10.2. The topological polar surface area (TPSA) is 55.1 Å². The van der Waals surface area contributed by atoms with Gasteiger partial charge in [-0.15, -0.1) is 0 Å². The predicted molar refractivity (Wildman–Crippen MR) is 91.2 cm³/mol. The Morgan fingerprint density at radius 2 is 2.08 bits per heavy atom. The lowest BCUT2D eigenvalue weighted by molar-refractivity contribution is -0.122. The van der Waals surface area contributed by atoms with E-state index < -0.39 is 0 Å². The van der Waals surface area contributed by atoms with Gasteiger partial charge in [0.25, 0.3) is 0 Å². The summed E-state index contributed by atoms with van der Waals surface area (Å²) in [5.74, 6) is 0.387. The molecule has 1 amide bonds. The smallest absolute Gasteiger partial charge is 0.234 e. The number of nitrogens with zero attached hydrogens (tertiary/aromatic N) is 4. The van der Waals surface area contributed by atoms with Crippen molar-refractivity contribution in [1.29, 1.82) is 0 Å². The third-order valence-corrected chi connectivity index (χ3v) is 4.36. The average molecular weight is 349 g/mol. The zero-order valence-corrected chi connectivity index (χ0v) is 14.5. The Bertz CT molecular complexity index is 794. The number of aromatic nitrogens is 3. The van der Waals surface area contributed by atoms with Crippen molar-refractivity contribution >= 4 is 18.1 Å². The maximum atomic E-state index is 13.1. The van der Waals surface area contributed by atoms with Gasteiger partial charge in [-0.25, -0.2) is 9.07 Å². The van der Waals surface area contributed by atoms with E-state index in [-0.39, 0.29) is 11.7 Å². The molecule has 3 rings (SSSR count). The molecule has 0 atom stereocenters. The molecule has 0 unspecified atom stereocenters. The van der Waals surface area contributed by atoms with E-state index in [1.165, 1.54) is 12.1 Å². The largest absolute Gasteiger partial charge is 0.352 e. The highest BCUT2D eigenvalue weighted by atomic mass is 32.1. The van der Waals surface area contributed by atoms with Gasteiger partial charge in [0.05, 0.1) is 13.2 Å². The number of carbonyl (C=O) groups excluding carboxylic acids is 1. The van der Waals surface area contributed by atoms with E-state index in [2.05, 4.69) is 10.4 Å². The van der Waals surface area contributed by atoms with Crippen LogP contribution in [0.5, 0.6) is 0 Å². The van der Waals surface area contributed by atoms with Crippen LogP contribution in [0.2, 0.25) is 0 Å². The molecule has 2 aromatic rings. The van der Waals surface area contributed by atoms with Gasteiger partial charge in [0, 0.05) is 18.7 Å². The Morgan fingerprint density at radius 1 is 1.42 bits per heavy atom. The van der Waals surface area contributed by atoms with Crippen LogP contribution in [-0.2, 0) is 18.5 Å². The van der Waals surface area contributed by atoms with E-state index in [0.29, 0.717) is 29.9 Å². The number of benzene rings is 1. The molecule has 1 fully saturated rings. The lowest BCUT2D eigenvalue weighted by Crippen LogP contribution is -2.37. The molecule has 1 aliphatic rings. The summed E-state index contributed by atoms with van der Waals surface area (Å²) in [6.07, 6.45) is 2.14. The fourth-order valence-corrected chi connectivity index (χ4v) is 2.64. The summed E-state index contributed by atoms with van der Waals surface area (Å²) in [7, 11) is 3.67. The Morgan fingerprint density at radius 3 is 2.71 bits per heavy atom. The second-order valence-electron chi connectivity index (χ2n) is 6.17. The molecule has 1 N–H and O–H groups in total. The highest BCUT2D eigenvalue weighted by Crippen LogP contribution is 2.19. The molecule has 1 aromatic carbocycles. The van der Waals surface area contributed by atoms with Gasteiger partial charge in [-0.1, -0.05) is 0 Å². The number of amides is 1. The van der Waals surface area contributed by atoms with E-state index in [1.54, 1.807) is 21.4 Å². The van der Waals surface area contributed by atoms with Crippen molar-refractivity contribution in [3.8, 4) is 11.4 Å². The molecule has 0 aliphatic heterocycles. The van der Waals surface area contributed by atoms with Gasteiger partial charge in [0.1, 0.15) is 5.82 Å². The minimum absolute atomic E-state index is 0.0150. The van der Waals surface area contributed by atoms with Crippen molar-refractivity contribution in [2.24, 2.45) is 7.05 Å². The molecule has 1 saturated carbocycles. The first-order chi connectivity index (χ1) is 11.4. The number of nitrogens with one attached hydrogen (secondary N) is 1. The quantitative estimate of drug-likeness (QED) is 0.810. The lowest BCUT2D eigenvalue weighted by Gasteiger charge is -2.15. The van der Waals surface area contributed by atoms with Crippen molar-refractivity contribution in [3.05, 3.63) is 34.9 Å². The molecular weight excluding hydrogens is 329 g/mol. The molecule has 0 bridgehead atoms. The van der Waals surface area contributed by atoms with E-state index in [9.17, 15) is 9.18 Å². The van der Waals surface area contributed by atoms with Crippen molar-refractivity contribution in [1.82, 2.24) is 24.6 Å². The minimum atomic E-state index is -0.291. The molecule has 0 radical (unpaired) electrons. The van der Waals surface area contributed by atoms with Crippen LogP contribution in [-0.4, -0.2) is 44.8 Å². The van der Waals surface area contributed by atoms with Gasteiger partial charge < -0.3 is 9.88 Å². The van der Waals surface area contributed by atoms with Crippen LogP contribution in [0.3, 0.4) is 0 Å². The summed E-state index contributed by atoms with van der Waals surface area (Å²) < 4.78 is 17.1. The molecule has 24 heavy (non-hydrogen) atoms. The summed E-state index contributed by atoms with van der Waals surface area (Å²) in [5, 5.41) is 7.47. The second kappa shape index (κ2) is 6.82. The number of hydrogen-bond acceptors (Lipinski definition) is 4. The minimum Gasteiger partial charge on any atom is -0.352 e. The summed E-state index contributed by atoms with van der Waals surface area (Å²) >= 11 is 5.41. The first-order valence-corrected chi connectivity index (χ1v) is 8.22. The molecule has 8 heteroatoms. The zero-order chi connectivity index (χ0) is 17.3. The van der Waals surface area contributed by atoms with Crippen LogP contribution < -0.4 is 5.32 Å². The fourth-order valence-electron chi connectivity index (χ4n) is 2.46. The fraction of sp³-hybridized carbons (Fsp3) is 0.438. The average Bonchev–Trinajstić information content (AvgIpc) is 3.30. The number of carbonyl (C=O) groups is 1. The molecular formula is C16H20FN5OS. The first-order valence-electron chi connectivity index (χ1n) is 7.81. The van der Waals surface area contributed by atoms with Gasteiger partial charge >= 0.3 is 0 Å². The number of likely N-dealkylation sites (N-methyl/N-ethyl adjacent to an activating group) is 1. The molecule has 6 nitrogen and oxygen atoms in total. The Balaban J connectivity index is 1.71. The normalized spacial score (nSPS) is 14.2. The van der Waals surface area contributed by atoms with Crippen LogP contribution in [0.1, 0.15) is 12.8 Å². The molecule has 1 aliphatic carbocycles. The third-order valence-electron chi connectivity index (χ3n) is 3.87. The van der Waals surface area contributed by atoms with Crippen LogP contribution >= 0.6 is 12.2 Å². The SMILES string of the molecule is CN(CC(=O)NC1CC1)Cn1nc(-c2ccc(F)cc2)n(C)c1=S. The van der Waals surface area contributed by atoms with E-state index >= 15 is 0 Å². The Labute approximate surface area is 144 Å². The summed E-state index contributed by atoms with van der Waals surface area (Å²) in [5.41, 5.74) is 0.790. The molecule has 128 valence electrons. The Hall–Kier alpha value is -2.06. The first kappa shape index (κ1) is 16.8. The summed E-state index contributed by atoms with van der Waals surface area (Å²) in [6, 6.07) is 6.48. The highest BCUT2D eigenvalue weighted by Gasteiger charge is 2.23. The predicted octanol–water partition coefficient (Wildman–Crippen LogP) is 1.93. The van der Waals surface area contributed by atoms with E-state index in [1.807, 2.05) is 19.0 Å². The summed E-state index contributed by atoms with van der Waals surface area (Å²) in [4.78, 5) is 13.7. The van der Waals surface area contributed by atoms with Crippen molar-refractivity contribution in [3.63, 3.8) is 0 Å². The van der Waals surface area contributed by atoms with Crippen molar-refractivity contribution in [2.75, 3.05) is 13.6 Å². The zero-order valence-electron chi connectivity index (χ0n) is 13.7. The monoisotopic (exact) mass is 349 g/mol. The van der Waals surface area contributed by atoms with E-state index in [4.69, 9.17) is 12.2 Å². The van der Waals surface area contributed by atoms with Gasteiger partial charge in [-0.05, 0) is 56.4 Å². The second-order valence-corrected chi connectivity index (χ2v) is 6.53. The molecule has 0 spiro atoms.